The van der Waals surface area contributed by atoms with E-state index in [0.717, 1.165) is 5.69 Å². The van der Waals surface area contributed by atoms with Gasteiger partial charge in [0.15, 0.2) is 0 Å². The van der Waals surface area contributed by atoms with Crippen molar-refractivity contribution in [3.63, 3.8) is 0 Å². The SMILES string of the molecule is COc1nccc(-c2sccc2C)n1. The molecule has 0 N–H and O–H groups in total. The Labute approximate surface area is 86.4 Å². The minimum atomic E-state index is 0.412. The van der Waals surface area contributed by atoms with Crippen molar-refractivity contribution in [2.24, 2.45) is 0 Å². The van der Waals surface area contributed by atoms with Crippen LogP contribution in [0.4, 0.5) is 0 Å². The van der Waals surface area contributed by atoms with E-state index in [2.05, 4.69) is 28.3 Å². The molecule has 3 nitrogen and oxygen atoms in total. The van der Waals surface area contributed by atoms with Gasteiger partial charge >= 0.3 is 6.01 Å². The average molecular weight is 206 g/mol. The van der Waals surface area contributed by atoms with Gasteiger partial charge < -0.3 is 4.74 Å². The minimum Gasteiger partial charge on any atom is -0.467 e. The van der Waals surface area contributed by atoms with Crippen molar-refractivity contribution in [1.29, 1.82) is 0 Å². The molecule has 72 valence electrons. The van der Waals surface area contributed by atoms with E-state index in [9.17, 15) is 0 Å². The number of thiophene rings is 1. The van der Waals surface area contributed by atoms with Crippen molar-refractivity contribution in [3.8, 4) is 16.6 Å². The average Bonchev–Trinajstić information content (AvgIpc) is 2.65. The van der Waals surface area contributed by atoms with Crippen molar-refractivity contribution < 1.29 is 4.74 Å². The first-order chi connectivity index (χ1) is 6.81. The third-order valence-corrected chi connectivity index (χ3v) is 2.95. The van der Waals surface area contributed by atoms with Crippen LogP contribution in [0.5, 0.6) is 6.01 Å². The highest BCUT2D eigenvalue weighted by Gasteiger charge is 2.05. The van der Waals surface area contributed by atoms with Crippen LogP contribution < -0.4 is 4.74 Å². The van der Waals surface area contributed by atoms with Crippen LogP contribution in [0.25, 0.3) is 10.6 Å². The first-order valence-corrected chi connectivity index (χ1v) is 5.10. The molecule has 0 aromatic carbocycles. The third-order valence-electron chi connectivity index (χ3n) is 1.91. The molecular weight excluding hydrogens is 196 g/mol. The molecule has 14 heavy (non-hydrogen) atoms. The molecule has 4 heteroatoms. The van der Waals surface area contributed by atoms with Gasteiger partial charge in [-0.3, -0.25) is 0 Å². The zero-order valence-electron chi connectivity index (χ0n) is 8.02. The van der Waals surface area contributed by atoms with E-state index in [4.69, 9.17) is 4.74 Å². The largest absolute Gasteiger partial charge is 0.467 e. The standard InChI is InChI=1S/C10H10N2OS/c1-7-4-6-14-9(7)8-3-5-11-10(12-8)13-2/h3-6H,1-2H3. The summed E-state index contributed by atoms with van der Waals surface area (Å²) in [5, 5.41) is 2.05. The van der Waals surface area contributed by atoms with E-state index in [1.165, 1.54) is 10.4 Å². The lowest BCUT2D eigenvalue weighted by molar-refractivity contribution is 0.380. The Bertz CT molecular complexity index is 439. The van der Waals surface area contributed by atoms with Crippen LogP contribution in [0.2, 0.25) is 0 Å². The maximum Gasteiger partial charge on any atom is 0.316 e. The predicted octanol–water partition coefficient (Wildman–Crippen LogP) is 2.52. The maximum absolute atomic E-state index is 4.98. The zero-order chi connectivity index (χ0) is 9.97. The van der Waals surface area contributed by atoms with Crippen LogP contribution in [-0.2, 0) is 0 Å². The Kier molecular flexibility index (Phi) is 2.45. The summed E-state index contributed by atoms with van der Waals surface area (Å²) in [5.41, 5.74) is 2.15. The van der Waals surface area contributed by atoms with Gasteiger partial charge in [0.25, 0.3) is 0 Å². The number of methoxy groups -OCH3 is 1. The van der Waals surface area contributed by atoms with Crippen LogP contribution in [-0.4, -0.2) is 17.1 Å². The van der Waals surface area contributed by atoms with Crippen molar-refractivity contribution in [2.75, 3.05) is 7.11 Å². The summed E-state index contributed by atoms with van der Waals surface area (Å²) >= 11 is 1.68. The van der Waals surface area contributed by atoms with Gasteiger partial charge in [0.05, 0.1) is 17.7 Å². The molecule has 0 spiro atoms. The Hall–Kier alpha value is -1.42. The second-order valence-electron chi connectivity index (χ2n) is 2.86. The Morgan fingerprint density at radius 2 is 2.21 bits per heavy atom. The molecule has 0 bridgehead atoms. The quantitative estimate of drug-likeness (QED) is 0.757. The van der Waals surface area contributed by atoms with Gasteiger partial charge in [-0.05, 0) is 30.0 Å². The second kappa shape index (κ2) is 3.75. The van der Waals surface area contributed by atoms with E-state index in [0.29, 0.717) is 6.01 Å². The molecule has 0 amide bonds. The molecule has 0 saturated carbocycles. The molecule has 0 atom stereocenters. The van der Waals surface area contributed by atoms with Gasteiger partial charge in [-0.2, -0.15) is 4.98 Å². The van der Waals surface area contributed by atoms with Crippen LogP contribution in [0, 0.1) is 6.92 Å². The van der Waals surface area contributed by atoms with E-state index < -0.39 is 0 Å². The number of hydrogen-bond acceptors (Lipinski definition) is 4. The van der Waals surface area contributed by atoms with Crippen LogP contribution >= 0.6 is 11.3 Å². The maximum atomic E-state index is 4.98. The van der Waals surface area contributed by atoms with Crippen LogP contribution in [0.3, 0.4) is 0 Å². The Balaban J connectivity index is 2.47. The topological polar surface area (TPSA) is 35.0 Å². The first kappa shape index (κ1) is 9.15. The zero-order valence-corrected chi connectivity index (χ0v) is 8.84. The highest BCUT2D eigenvalue weighted by molar-refractivity contribution is 7.13. The Morgan fingerprint density at radius 1 is 1.36 bits per heavy atom. The molecular formula is C10H10N2OS. The number of nitrogens with zero attached hydrogens (tertiary/aromatic N) is 2. The fraction of sp³-hybridized carbons (Fsp3) is 0.200. The molecule has 0 aliphatic carbocycles. The van der Waals surface area contributed by atoms with Crippen LogP contribution in [0.1, 0.15) is 5.56 Å². The molecule has 2 aromatic rings. The number of aryl methyl sites for hydroxylation is 1. The molecule has 0 saturated heterocycles. The van der Waals surface area contributed by atoms with Crippen LogP contribution in [0.15, 0.2) is 23.7 Å². The lowest BCUT2D eigenvalue weighted by atomic mass is 10.2. The summed E-state index contributed by atoms with van der Waals surface area (Å²) in [7, 11) is 1.57. The summed E-state index contributed by atoms with van der Waals surface area (Å²) in [6.07, 6.45) is 1.71. The van der Waals surface area contributed by atoms with E-state index in [1.54, 1.807) is 24.6 Å². The van der Waals surface area contributed by atoms with Crippen molar-refractivity contribution in [1.82, 2.24) is 9.97 Å². The van der Waals surface area contributed by atoms with Gasteiger partial charge in [-0.25, -0.2) is 4.98 Å². The van der Waals surface area contributed by atoms with Crippen molar-refractivity contribution >= 4 is 11.3 Å². The Morgan fingerprint density at radius 3 is 2.86 bits per heavy atom. The van der Waals surface area contributed by atoms with Gasteiger partial charge in [0.2, 0.25) is 0 Å². The highest BCUT2D eigenvalue weighted by Crippen LogP contribution is 2.27. The summed E-state index contributed by atoms with van der Waals surface area (Å²) in [5.74, 6) is 0. The van der Waals surface area contributed by atoms with E-state index >= 15 is 0 Å². The summed E-state index contributed by atoms with van der Waals surface area (Å²) in [6, 6.07) is 4.38. The van der Waals surface area contributed by atoms with E-state index in [1.807, 2.05) is 6.07 Å². The first-order valence-electron chi connectivity index (χ1n) is 4.23. The monoisotopic (exact) mass is 206 g/mol. The van der Waals surface area contributed by atoms with Crippen molar-refractivity contribution in [2.45, 2.75) is 6.92 Å². The molecule has 0 aliphatic rings. The van der Waals surface area contributed by atoms with Gasteiger partial charge in [-0.1, -0.05) is 0 Å². The van der Waals surface area contributed by atoms with Crippen molar-refractivity contribution in [3.05, 3.63) is 29.3 Å². The molecule has 0 fully saturated rings. The van der Waals surface area contributed by atoms with Gasteiger partial charge in [0, 0.05) is 6.20 Å². The second-order valence-corrected chi connectivity index (χ2v) is 3.78. The van der Waals surface area contributed by atoms with E-state index in [-0.39, 0.29) is 0 Å². The van der Waals surface area contributed by atoms with Gasteiger partial charge in [0.1, 0.15) is 0 Å². The lowest BCUT2D eigenvalue weighted by Gasteiger charge is -2.00. The highest BCUT2D eigenvalue weighted by atomic mass is 32.1. The number of hydrogen-bond donors (Lipinski definition) is 0. The van der Waals surface area contributed by atoms with Gasteiger partial charge in [-0.15, -0.1) is 11.3 Å². The smallest absolute Gasteiger partial charge is 0.316 e. The number of aromatic nitrogens is 2. The predicted molar refractivity (Wildman–Crippen MR) is 56.6 cm³/mol. The number of ether oxygens (including phenoxy) is 1. The fourth-order valence-corrected chi connectivity index (χ4v) is 2.10. The summed E-state index contributed by atoms with van der Waals surface area (Å²) in [6.45, 7) is 2.07. The molecule has 2 heterocycles. The molecule has 2 rings (SSSR count). The summed E-state index contributed by atoms with van der Waals surface area (Å²) in [4.78, 5) is 9.41. The third kappa shape index (κ3) is 1.61. The molecule has 2 aromatic heterocycles. The lowest BCUT2D eigenvalue weighted by Crippen LogP contribution is -1.92. The molecule has 0 aliphatic heterocycles. The number of rotatable bonds is 2. The minimum absolute atomic E-state index is 0.412. The molecule has 0 unspecified atom stereocenters. The normalized spacial score (nSPS) is 10.1. The fourth-order valence-electron chi connectivity index (χ4n) is 1.20. The molecule has 0 radical (unpaired) electrons. The summed E-state index contributed by atoms with van der Waals surface area (Å²) < 4.78 is 4.98.